The quantitative estimate of drug-likeness (QED) is 0.881. The molecule has 0 aliphatic carbocycles. The summed E-state index contributed by atoms with van der Waals surface area (Å²) in [6.45, 7) is 1.79. The van der Waals surface area contributed by atoms with Gasteiger partial charge < -0.3 is 5.11 Å². The Labute approximate surface area is 110 Å². The maximum Gasteiger partial charge on any atom is 0.320 e. The highest BCUT2D eigenvalue weighted by Crippen LogP contribution is 2.22. The Morgan fingerprint density at radius 2 is 2.05 bits per heavy atom. The van der Waals surface area contributed by atoms with E-state index in [4.69, 9.17) is 5.11 Å². The van der Waals surface area contributed by atoms with Crippen LogP contribution in [0.5, 0.6) is 0 Å². The first kappa shape index (κ1) is 13.3. The smallest absolute Gasteiger partial charge is 0.320 e. The van der Waals surface area contributed by atoms with Gasteiger partial charge in [-0.3, -0.25) is 14.5 Å². The molecule has 0 saturated carbocycles. The van der Waals surface area contributed by atoms with Crippen LogP contribution < -0.4 is 4.72 Å². The molecule has 0 saturated heterocycles. The van der Waals surface area contributed by atoms with Gasteiger partial charge in [-0.25, -0.2) is 8.42 Å². The molecule has 6 nitrogen and oxygen atoms in total. The number of carbonyl (C=O) groups is 1. The predicted octanol–water partition coefficient (Wildman–Crippen LogP) is 1.37. The van der Waals surface area contributed by atoms with E-state index in [1.54, 1.807) is 25.1 Å². The maximum atomic E-state index is 11.6. The van der Waals surface area contributed by atoms with Crippen molar-refractivity contribution in [3.8, 4) is 0 Å². The van der Waals surface area contributed by atoms with Crippen molar-refractivity contribution >= 4 is 32.6 Å². The number of sulfonamides is 1. The average molecular weight is 280 g/mol. The van der Waals surface area contributed by atoms with E-state index in [9.17, 15) is 13.2 Å². The Morgan fingerprint density at radius 1 is 1.32 bits per heavy atom. The predicted molar refractivity (Wildman–Crippen MR) is 71.5 cm³/mol. The van der Waals surface area contributed by atoms with Crippen LogP contribution in [0, 0.1) is 6.92 Å². The molecule has 7 heteroatoms. The fourth-order valence-electron chi connectivity index (χ4n) is 1.69. The number of aromatic nitrogens is 1. The molecule has 0 radical (unpaired) electrons. The molecule has 2 N–H and O–H groups in total. The minimum atomic E-state index is -3.93. The lowest BCUT2D eigenvalue weighted by atomic mass is 10.2. The van der Waals surface area contributed by atoms with Crippen LogP contribution in [-0.2, 0) is 14.8 Å². The SMILES string of the molecule is Cc1ccc2cccc(NS(=O)(=O)CC(=O)O)c2n1. The van der Waals surface area contributed by atoms with Crippen molar-refractivity contribution in [2.75, 3.05) is 10.5 Å². The summed E-state index contributed by atoms with van der Waals surface area (Å²) in [5.74, 6) is -2.38. The van der Waals surface area contributed by atoms with Crippen molar-refractivity contribution < 1.29 is 18.3 Å². The van der Waals surface area contributed by atoms with E-state index in [2.05, 4.69) is 9.71 Å². The van der Waals surface area contributed by atoms with Crippen molar-refractivity contribution in [2.24, 2.45) is 0 Å². The normalized spacial score (nSPS) is 11.4. The Morgan fingerprint density at radius 3 is 2.74 bits per heavy atom. The number of pyridine rings is 1. The Balaban J connectivity index is 2.46. The molecule has 0 unspecified atom stereocenters. The second kappa shape index (κ2) is 4.85. The number of aryl methyl sites for hydroxylation is 1. The van der Waals surface area contributed by atoms with Crippen LogP contribution in [0.15, 0.2) is 30.3 Å². The fourth-order valence-corrected chi connectivity index (χ4v) is 2.59. The number of aliphatic carboxylic acids is 1. The van der Waals surface area contributed by atoms with Gasteiger partial charge in [0.05, 0.1) is 11.2 Å². The molecule has 0 atom stereocenters. The van der Waals surface area contributed by atoms with Gasteiger partial charge in [0, 0.05) is 11.1 Å². The lowest BCUT2D eigenvalue weighted by Crippen LogP contribution is -2.22. The summed E-state index contributed by atoms with van der Waals surface area (Å²) in [7, 11) is -3.93. The third-order valence-electron chi connectivity index (χ3n) is 2.44. The third kappa shape index (κ3) is 3.19. The third-order valence-corrected chi connectivity index (χ3v) is 3.60. The van der Waals surface area contributed by atoms with E-state index >= 15 is 0 Å². The first-order valence-electron chi connectivity index (χ1n) is 5.46. The molecule has 1 aromatic carbocycles. The van der Waals surface area contributed by atoms with Crippen molar-refractivity contribution in [1.82, 2.24) is 4.98 Å². The van der Waals surface area contributed by atoms with Gasteiger partial charge >= 0.3 is 5.97 Å². The van der Waals surface area contributed by atoms with Crippen LogP contribution in [0.1, 0.15) is 5.69 Å². The molecule has 1 heterocycles. The molecule has 0 amide bonds. The van der Waals surface area contributed by atoms with Gasteiger partial charge in [0.25, 0.3) is 0 Å². The molecule has 19 heavy (non-hydrogen) atoms. The van der Waals surface area contributed by atoms with Crippen LogP contribution in [0.25, 0.3) is 10.9 Å². The van der Waals surface area contributed by atoms with Crippen LogP contribution in [-0.4, -0.2) is 30.2 Å². The van der Waals surface area contributed by atoms with Gasteiger partial charge in [-0.15, -0.1) is 0 Å². The van der Waals surface area contributed by atoms with Crippen LogP contribution in [0.4, 0.5) is 5.69 Å². The first-order chi connectivity index (χ1) is 8.87. The monoisotopic (exact) mass is 280 g/mol. The van der Waals surface area contributed by atoms with Gasteiger partial charge in [0.1, 0.15) is 0 Å². The summed E-state index contributed by atoms with van der Waals surface area (Å²) in [6.07, 6.45) is 0. The number of nitrogens with zero attached hydrogens (tertiary/aromatic N) is 1. The number of anilines is 1. The Kier molecular flexibility index (Phi) is 3.39. The standard InChI is InChI=1S/C12H12N2O4S/c1-8-5-6-9-3-2-4-10(12(9)13-8)14-19(17,18)7-11(15)16/h2-6,14H,7H2,1H3,(H,15,16). The number of carboxylic acids is 1. The Hall–Kier alpha value is -2.15. The van der Waals surface area contributed by atoms with E-state index < -0.39 is 21.7 Å². The number of hydrogen-bond acceptors (Lipinski definition) is 4. The highest BCUT2D eigenvalue weighted by Gasteiger charge is 2.17. The number of benzene rings is 1. The van der Waals surface area contributed by atoms with E-state index in [0.717, 1.165) is 11.1 Å². The van der Waals surface area contributed by atoms with Gasteiger partial charge in [-0.05, 0) is 19.1 Å². The van der Waals surface area contributed by atoms with E-state index in [1.807, 2.05) is 12.1 Å². The van der Waals surface area contributed by atoms with Crippen LogP contribution in [0.2, 0.25) is 0 Å². The summed E-state index contributed by atoms with van der Waals surface area (Å²) in [4.78, 5) is 14.8. The number of nitrogens with one attached hydrogen (secondary N) is 1. The van der Waals surface area contributed by atoms with Crippen molar-refractivity contribution in [2.45, 2.75) is 6.92 Å². The number of fused-ring (bicyclic) bond motifs is 1. The van der Waals surface area contributed by atoms with Gasteiger partial charge in [0.2, 0.25) is 10.0 Å². The summed E-state index contributed by atoms with van der Waals surface area (Å²) in [5, 5.41) is 9.33. The second-order valence-corrected chi connectivity index (χ2v) is 5.81. The molecule has 2 aromatic rings. The number of carboxylic acid groups (broad SMARTS) is 1. The van der Waals surface area contributed by atoms with Crippen molar-refractivity contribution in [1.29, 1.82) is 0 Å². The summed E-state index contributed by atoms with van der Waals surface area (Å²) >= 11 is 0. The zero-order valence-corrected chi connectivity index (χ0v) is 10.9. The van der Waals surface area contributed by atoms with E-state index in [0.29, 0.717) is 5.52 Å². The summed E-state index contributed by atoms with van der Waals surface area (Å²) in [5.41, 5.74) is 1.52. The minimum Gasteiger partial charge on any atom is -0.480 e. The molecule has 0 fully saturated rings. The molecular weight excluding hydrogens is 268 g/mol. The van der Waals surface area contributed by atoms with E-state index in [-0.39, 0.29) is 5.69 Å². The highest BCUT2D eigenvalue weighted by atomic mass is 32.2. The molecule has 0 spiro atoms. The van der Waals surface area contributed by atoms with Crippen molar-refractivity contribution in [3.05, 3.63) is 36.0 Å². The number of hydrogen-bond donors (Lipinski definition) is 2. The Bertz CT molecular complexity index is 740. The van der Waals surface area contributed by atoms with Crippen LogP contribution in [0.3, 0.4) is 0 Å². The van der Waals surface area contributed by atoms with Gasteiger partial charge in [0.15, 0.2) is 5.75 Å². The first-order valence-corrected chi connectivity index (χ1v) is 7.11. The average Bonchev–Trinajstić information content (AvgIpc) is 2.27. The van der Waals surface area contributed by atoms with Gasteiger partial charge in [-0.2, -0.15) is 0 Å². The zero-order valence-electron chi connectivity index (χ0n) is 10.1. The zero-order chi connectivity index (χ0) is 14.0. The summed E-state index contributed by atoms with van der Waals surface area (Å²) < 4.78 is 25.5. The maximum absolute atomic E-state index is 11.6. The lowest BCUT2D eigenvalue weighted by Gasteiger charge is -2.09. The highest BCUT2D eigenvalue weighted by molar-refractivity contribution is 7.93. The molecule has 0 aliphatic rings. The molecule has 0 bridgehead atoms. The second-order valence-electron chi connectivity index (χ2n) is 4.08. The topological polar surface area (TPSA) is 96.4 Å². The number of para-hydroxylation sites is 1. The molecule has 100 valence electrons. The fraction of sp³-hybridized carbons (Fsp3) is 0.167. The molecule has 1 aromatic heterocycles. The van der Waals surface area contributed by atoms with E-state index in [1.165, 1.54) is 0 Å². The van der Waals surface area contributed by atoms with Crippen molar-refractivity contribution in [3.63, 3.8) is 0 Å². The lowest BCUT2D eigenvalue weighted by molar-refractivity contribution is -0.134. The number of rotatable bonds is 4. The molecular formula is C12H12N2O4S. The molecule has 0 aliphatic heterocycles. The van der Waals surface area contributed by atoms with Gasteiger partial charge in [-0.1, -0.05) is 18.2 Å². The summed E-state index contributed by atoms with van der Waals surface area (Å²) in [6, 6.07) is 8.67. The van der Waals surface area contributed by atoms with Crippen LogP contribution >= 0.6 is 0 Å². The minimum absolute atomic E-state index is 0.280. The molecule has 2 rings (SSSR count). The largest absolute Gasteiger partial charge is 0.480 e.